The molecule has 0 bridgehead atoms. The molecule has 2 aliphatic heterocycles. The summed E-state index contributed by atoms with van der Waals surface area (Å²) < 4.78 is 0. The molecule has 2 aromatic carbocycles. The number of nitrogens with zero attached hydrogens (tertiary/aromatic N) is 2. The van der Waals surface area contributed by atoms with Gasteiger partial charge in [-0.2, -0.15) is 5.06 Å². The van der Waals surface area contributed by atoms with Crippen LogP contribution in [0.25, 0.3) is 0 Å². The summed E-state index contributed by atoms with van der Waals surface area (Å²) >= 11 is 0. The number of imide groups is 2. The van der Waals surface area contributed by atoms with Crippen LogP contribution in [0.2, 0.25) is 0 Å². The van der Waals surface area contributed by atoms with Crippen LogP contribution < -0.4 is 0 Å². The first-order chi connectivity index (χ1) is 14.1. The van der Waals surface area contributed by atoms with Crippen LogP contribution in [0, 0.1) is 0 Å². The van der Waals surface area contributed by atoms with E-state index in [-0.39, 0.29) is 30.6 Å². The number of carbonyl (C=O) groups is 4. The second-order valence-electron chi connectivity index (χ2n) is 6.37. The van der Waals surface area contributed by atoms with Crippen molar-refractivity contribution in [3.63, 3.8) is 0 Å². The van der Waals surface area contributed by atoms with Crippen molar-refractivity contribution in [2.45, 2.75) is 39.3 Å². The highest BCUT2D eigenvalue weighted by molar-refractivity contribution is 6.23. The Hall–Kier alpha value is -3.32. The molecular formula is C22H22N2O5. The normalized spacial score (nSPS) is 18.5. The van der Waals surface area contributed by atoms with E-state index in [1.165, 1.54) is 0 Å². The Bertz CT molecular complexity index is 906. The summed E-state index contributed by atoms with van der Waals surface area (Å²) in [5, 5.41) is 0.685. The molecule has 0 aliphatic carbocycles. The van der Waals surface area contributed by atoms with Crippen molar-refractivity contribution in [2.75, 3.05) is 0 Å². The van der Waals surface area contributed by atoms with Crippen molar-refractivity contribution < 1.29 is 24.0 Å². The minimum Gasteiger partial charge on any atom is -0.272 e. The molecule has 0 N–H and O–H groups in total. The Morgan fingerprint density at radius 3 is 2.00 bits per heavy atom. The zero-order valence-corrected chi connectivity index (χ0v) is 16.3. The maximum atomic E-state index is 12.8. The fourth-order valence-corrected chi connectivity index (χ4v) is 3.32. The Labute approximate surface area is 168 Å². The molecule has 1 atom stereocenters. The third-order valence-corrected chi connectivity index (χ3v) is 4.68. The highest BCUT2D eigenvalue weighted by Crippen LogP contribution is 2.29. The van der Waals surface area contributed by atoms with Crippen molar-refractivity contribution >= 4 is 23.6 Å². The lowest BCUT2D eigenvalue weighted by Crippen LogP contribution is -2.55. The SMILES string of the molecule is CC.O=C1CCC(N2C(=O)c3ccccc3C2=O)C(=O)N1OCc1ccccc1. The highest BCUT2D eigenvalue weighted by Gasteiger charge is 2.47. The van der Waals surface area contributed by atoms with Gasteiger partial charge in [0.25, 0.3) is 23.6 Å². The molecule has 150 valence electrons. The van der Waals surface area contributed by atoms with Crippen molar-refractivity contribution in [3.05, 3.63) is 71.3 Å². The van der Waals surface area contributed by atoms with E-state index in [0.717, 1.165) is 10.5 Å². The lowest BCUT2D eigenvalue weighted by Gasteiger charge is -2.33. The predicted octanol–water partition coefficient (Wildman–Crippen LogP) is 2.96. The number of hydrogen-bond donors (Lipinski definition) is 0. The first-order valence-corrected chi connectivity index (χ1v) is 9.58. The van der Waals surface area contributed by atoms with Crippen LogP contribution in [0.4, 0.5) is 0 Å². The smallest absolute Gasteiger partial charge is 0.272 e. The number of hydrogen-bond acceptors (Lipinski definition) is 5. The van der Waals surface area contributed by atoms with E-state index >= 15 is 0 Å². The zero-order valence-electron chi connectivity index (χ0n) is 16.3. The average molecular weight is 394 g/mol. The minimum atomic E-state index is -1.05. The van der Waals surface area contributed by atoms with Gasteiger partial charge in [0.05, 0.1) is 11.1 Å². The second kappa shape index (κ2) is 8.79. The van der Waals surface area contributed by atoms with Crippen LogP contribution in [0.15, 0.2) is 54.6 Å². The molecule has 7 nitrogen and oxygen atoms in total. The van der Waals surface area contributed by atoms with Gasteiger partial charge >= 0.3 is 0 Å². The molecule has 29 heavy (non-hydrogen) atoms. The Kier molecular flexibility index (Phi) is 6.19. The van der Waals surface area contributed by atoms with Crippen molar-refractivity contribution in [2.24, 2.45) is 0 Å². The van der Waals surface area contributed by atoms with Crippen LogP contribution in [-0.4, -0.2) is 39.6 Å². The third kappa shape index (κ3) is 3.82. The van der Waals surface area contributed by atoms with E-state index < -0.39 is 29.7 Å². The molecule has 0 spiro atoms. The fourth-order valence-electron chi connectivity index (χ4n) is 3.32. The second-order valence-corrected chi connectivity index (χ2v) is 6.37. The zero-order chi connectivity index (χ0) is 21.0. The first kappa shape index (κ1) is 20.4. The Balaban J connectivity index is 0.00000117. The fraction of sp³-hybridized carbons (Fsp3) is 0.273. The summed E-state index contributed by atoms with van der Waals surface area (Å²) in [4.78, 5) is 56.6. The van der Waals surface area contributed by atoms with Crippen LogP contribution in [-0.2, 0) is 21.0 Å². The molecule has 1 fully saturated rings. The van der Waals surface area contributed by atoms with E-state index in [4.69, 9.17) is 4.84 Å². The van der Waals surface area contributed by atoms with E-state index in [1.807, 2.05) is 32.0 Å². The molecule has 4 rings (SSSR count). The van der Waals surface area contributed by atoms with Gasteiger partial charge in [0.15, 0.2) is 0 Å². The molecule has 0 saturated carbocycles. The number of hydroxylamine groups is 2. The molecule has 2 aliphatic rings. The van der Waals surface area contributed by atoms with Gasteiger partial charge in [-0.25, -0.2) is 0 Å². The van der Waals surface area contributed by atoms with Gasteiger partial charge in [0, 0.05) is 6.42 Å². The molecule has 2 aromatic rings. The summed E-state index contributed by atoms with van der Waals surface area (Å²) in [5.74, 6) is -2.22. The molecule has 1 saturated heterocycles. The molecule has 0 radical (unpaired) electrons. The Morgan fingerprint density at radius 2 is 1.41 bits per heavy atom. The Morgan fingerprint density at radius 1 is 0.862 bits per heavy atom. The van der Waals surface area contributed by atoms with Gasteiger partial charge in [-0.15, -0.1) is 0 Å². The maximum absolute atomic E-state index is 12.8. The van der Waals surface area contributed by atoms with Gasteiger partial charge in [-0.05, 0) is 24.1 Å². The lowest BCUT2D eigenvalue weighted by atomic mass is 10.0. The van der Waals surface area contributed by atoms with E-state index in [1.54, 1.807) is 36.4 Å². The number of benzene rings is 2. The monoisotopic (exact) mass is 394 g/mol. The lowest BCUT2D eigenvalue weighted by molar-refractivity contribution is -0.206. The standard InChI is InChI=1S/C20H16N2O5.C2H6/c23-17-11-10-16(20(26)22(17)27-12-13-6-2-1-3-7-13)21-18(24)14-8-4-5-9-15(14)19(21)25;1-2/h1-9,16H,10-12H2;1-2H3. The number of fused-ring (bicyclic) bond motifs is 1. The largest absolute Gasteiger partial charge is 0.276 e. The van der Waals surface area contributed by atoms with Crippen molar-refractivity contribution in [3.8, 4) is 0 Å². The van der Waals surface area contributed by atoms with E-state index in [2.05, 4.69) is 0 Å². The predicted molar refractivity (Wildman–Crippen MR) is 104 cm³/mol. The molecule has 2 heterocycles. The molecule has 4 amide bonds. The van der Waals surface area contributed by atoms with Crippen LogP contribution in [0.5, 0.6) is 0 Å². The first-order valence-electron chi connectivity index (χ1n) is 9.58. The summed E-state index contributed by atoms with van der Waals surface area (Å²) in [5.41, 5.74) is 1.33. The summed E-state index contributed by atoms with van der Waals surface area (Å²) in [6.07, 6.45) is 0.104. The minimum absolute atomic E-state index is 0.0125. The van der Waals surface area contributed by atoms with Gasteiger partial charge in [-0.1, -0.05) is 56.3 Å². The third-order valence-electron chi connectivity index (χ3n) is 4.68. The van der Waals surface area contributed by atoms with Crippen LogP contribution in [0.1, 0.15) is 53.0 Å². The van der Waals surface area contributed by atoms with Gasteiger partial charge in [0.1, 0.15) is 12.6 Å². The van der Waals surface area contributed by atoms with Crippen molar-refractivity contribution in [1.82, 2.24) is 9.96 Å². The van der Waals surface area contributed by atoms with Crippen LogP contribution in [0.3, 0.4) is 0 Å². The molecular weight excluding hydrogens is 372 g/mol. The quantitative estimate of drug-likeness (QED) is 0.745. The number of carbonyl (C=O) groups excluding carboxylic acids is 4. The van der Waals surface area contributed by atoms with Gasteiger partial charge in [0.2, 0.25) is 0 Å². The highest BCUT2D eigenvalue weighted by atomic mass is 16.7. The summed E-state index contributed by atoms with van der Waals surface area (Å²) in [6, 6.07) is 14.5. The van der Waals surface area contributed by atoms with Crippen LogP contribution >= 0.6 is 0 Å². The summed E-state index contributed by atoms with van der Waals surface area (Å²) in [7, 11) is 0. The molecule has 0 aromatic heterocycles. The van der Waals surface area contributed by atoms with E-state index in [0.29, 0.717) is 5.06 Å². The van der Waals surface area contributed by atoms with E-state index in [9.17, 15) is 19.2 Å². The van der Waals surface area contributed by atoms with Gasteiger partial charge < -0.3 is 0 Å². The maximum Gasteiger partial charge on any atom is 0.276 e. The molecule has 1 unspecified atom stereocenters. The number of rotatable bonds is 4. The topological polar surface area (TPSA) is 84.0 Å². The van der Waals surface area contributed by atoms with Gasteiger partial charge in [-0.3, -0.25) is 28.9 Å². The van der Waals surface area contributed by atoms with Crippen molar-refractivity contribution in [1.29, 1.82) is 0 Å². The summed E-state index contributed by atoms with van der Waals surface area (Å²) in [6.45, 7) is 4.03. The molecule has 7 heteroatoms. The average Bonchev–Trinajstić information content (AvgIpc) is 3.01. The number of piperidine rings is 1. The number of amides is 4.